The van der Waals surface area contributed by atoms with Gasteiger partial charge in [0.15, 0.2) is 6.10 Å². The van der Waals surface area contributed by atoms with Crippen LogP contribution in [0.5, 0.6) is 5.75 Å². The Hall–Kier alpha value is -2.82. The van der Waals surface area contributed by atoms with E-state index in [2.05, 4.69) is 5.32 Å². The lowest BCUT2D eigenvalue weighted by atomic mass is 10.1. The lowest BCUT2D eigenvalue weighted by molar-refractivity contribution is -0.122. The number of nitrogens with one attached hydrogen (secondary N) is 1. The molecular formula is C19H21NO4. The van der Waals surface area contributed by atoms with Crippen LogP contribution in [-0.2, 0) is 9.53 Å². The van der Waals surface area contributed by atoms with Gasteiger partial charge in [0, 0.05) is 0 Å². The van der Waals surface area contributed by atoms with Gasteiger partial charge in [-0.15, -0.1) is 0 Å². The summed E-state index contributed by atoms with van der Waals surface area (Å²) in [4.78, 5) is 24.3. The third-order valence-corrected chi connectivity index (χ3v) is 3.45. The second-order valence-corrected chi connectivity index (χ2v) is 5.28. The maximum atomic E-state index is 12.4. The molecule has 0 aliphatic rings. The lowest BCUT2D eigenvalue weighted by Crippen LogP contribution is -2.31. The molecule has 126 valence electrons. The second-order valence-electron chi connectivity index (χ2n) is 5.28. The number of anilines is 1. The molecule has 5 nitrogen and oxygen atoms in total. The Morgan fingerprint density at radius 2 is 1.75 bits per heavy atom. The molecule has 0 radical (unpaired) electrons. The number of ether oxygens (including phenoxy) is 2. The molecule has 24 heavy (non-hydrogen) atoms. The van der Waals surface area contributed by atoms with E-state index in [1.165, 1.54) is 0 Å². The molecule has 5 heteroatoms. The topological polar surface area (TPSA) is 64.6 Å². The van der Waals surface area contributed by atoms with Gasteiger partial charge in [0.1, 0.15) is 5.75 Å². The fraction of sp³-hybridized carbons (Fsp3) is 0.263. The van der Waals surface area contributed by atoms with Gasteiger partial charge in [-0.1, -0.05) is 30.3 Å². The van der Waals surface area contributed by atoms with E-state index < -0.39 is 12.1 Å². The molecule has 0 unspecified atom stereocenters. The summed E-state index contributed by atoms with van der Waals surface area (Å²) in [5, 5.41) is 2.72. The first kappa shape index (κ1) is 17.5. The number of para-hydroxylation sites is 2. The number of aryl methyl sites for hydroxylation is 1. The Morgan fingerprint density at radius 3 is 2.46 bits per heavy atom. The fourth-order valence-electron chi connectivity index (χ4n) is 2.15. The van der Waals surface area contributed by atoms with Crippen molar-refractivity contribution in [3.8, 4) is 5.75 Å². The SMILES string of the molecule is CCOC(=O)c1ccccc1NC(=O)[C@@H](C)Oc1ccccc1C. The molecule has 2 rings (SSSR count). The number of hydrogen-bond donors (Lipinski definition) is 1. The van der Waals surface area contributed by atoms with Crippen LogP contribution < -0.4 is 10.1 Å². The van der Waals surface area contributed by atoms with Gasteiger partial charge in [-0.3, -0.25) is 4.79 Å². The number of hydrogen-bond acceptors (Lipinski definition) is 4. The van der Waals surface area contributed by atoms with Gasteiger partial charge in [-0.2, -0.15) is 0 Å². The highest BCUT2D eigenvalue weighted by atomic mass is 16.5. The molecule has 2 aromatic carbocycles. The minimum atomic E-state index is -0.707. The van der Waals surface area contributed by atoms with Gasteiger partial charge in [0.2, 0.25) is 0 Å². The molecule has 0 saturated carbocycles. The monoisotopic (exact) mass is 327 g/mol. The summed E-state index contributed by atoms with van der Waals surface area (Å²) in [5.41, 5.74) is 1.67. The zero-order valence-corrected chi connectivity index (χ0v) is 14.0. The molecule has 0 aliphatic heterocycles. The summed E-state index contributed by atoms with van der Waals surface area (Å²) in [5.74, 6) is -0.158. The first-order valence-corrected chi connectivity index (χ1v) is 7.82. The molecule has 1 N–H and O–H groups in total. The Kier molecular flexibility index (Phi) is 5.95. The summed E-state index contributed by atoms with van der Waals surface area (Å²) in [6, 6.07) is 14.2. The fourth-order valence-corrected chi connectivity index (χ4v) is 2.15. The molecule has 0 spiro atoms. The average Bonchev–Trinajstić information content (AvgIpc) is 2.57. The van der Waals surface area contributed by atoms with E-state index in [1.54, 1.807) is 38.1 Å². The summed E-state index contributed by atoms with van der Waals surface area (Å²) in [7, 11) is 0. The van der Waals surface area contributed by atoms with Crippen molar-refractivity contribution in [2.24, 2.45) is 0 Å². The van der Waals surface area contributed by atoms with E-state index in [-0.39, 0.29) is 12.5 Å². The number of carbonyl (C=O) groups is 2. The molecule has 0 fully saturated rings. The van der Waals surface area contributed by atoms with Crippen LogP contribution in [0.25, 0.3) is 0 Å². The minimum absolute atomic E-state index is 0.272. The maximum Gasteiger partial charge on any atom is 0.340 e. The number of esters is 1. The molecule has 1 atom stereocenters. The Morgan fingerprint density at radius 1 is 1.08 bits per heavy atom. The van der Waals surface area contributed by atoms with Crippen molar-refractivity contribution in [1.82, 2.24) is 0 Å². The van der Waals surface area contributed by atoms with Gasteiger partial charge < -0.3 is 14.8 Å². The molecule has 0 heterocycles. The highest BCUT2D eigenvalue weighted by Gasteiger charge is 2.19. The summed E-state index contributed by atoms with van der Waals surface area (Å²) in [6.45, 7) is 5.58. The molecule has 0 bridgehead atoms. The Balaban J connectivity index is 2.09. The van der Waals surface area contributed by atoms with E-state index in [4.69, 9.17) is 9.47 Å². The van der Waals surface area contributed by atoms with Crippen LogP contribution in [0.2, 0.25) is 0 Å². The van der Waals surface area contributed by atoms with E-state index >= 15 is 0 Å². The van der Waals surface area contributed by atoms with Crippen molar-refractivity contribution in [2.45, 2.75) is 26.9 Å². The molecule has 2 aromatic rings. The van der Waals surface area contributed by atoms with Crippen molar-refractivity contribution < 1.29 is 19.1 Å². The predicted molar refractivity (Wildman–Crippen MR) is 92.3 cm³/mol. The third-order valence-electron chi connectivity index (χ3n) is 3.45. The van der Waals surface area contributed by atoms with Crippen molar-refractivity contribution in [3.05, 3.63) is 59.7 Å². The summed E-state index contributed by atoms with van der Waals surface area (Å²) >= 11 is 0. The van der Waals surface area contributed by atoms with Crippen LogP contribution in [-0.4, -0.2) is 24.6 Å². The van der Waals surface area contributed by atoms with Crippen LogP contribution in [0.4, 0.5) is 5.69 Å². The first-order valence-electron chi connectivity index (χ1n) is 7.82. The second kappa shape index (κ2) is 8.15. The van der Waals surface area contributed by atoms with Crippen LogP contribution in [0, 0.1) is 6.92 Å². The van der Waals surface area contributed by atoms with Gasteiger partial charge in [-0.05, 0) is 44.5 Å². The van der Waals surface area contributed by atoms with E-state index in [9.17, 15) is 9.59 Å². The zero-order valence-electron chi connectivity index (χ0n) is 14.0. The molecule has 0 aliphatic carbocycles. The number of carbonyl (C=O) groups excluding carboxylic acids is 2. The number of benzene rings is 2. The Labute approximate surface area is 141 Å². The Bertz CT molecular complexity index is 727. The van der Waals surface area contributed by atoms with Crippen LogP contribution >= 0.6 is 0 Å². The summed E-state index contributed by atoms with van der Waals surface area (Å²) < 4.78 is 10.7. The van der Waals surface area contributed by atoms with Crippen LogP contribution in [0.3, 0.4) is 0 Å². The number of amides is 1. The van der Waals surface area contributed by atoms with E-state index in [0.717, 1.165) is 5.56 Å². The highest BCUT2D eigenvalue weighted by Crippen LogP contribution is 2.20. The number of rotatable bonds is 6. The molecule has 1 amide bonds. The van der Waals surface area contributed by atoms with E-state index in [0.29, 0.717) is 17.0 Å². The van der Waals surface area contributed by atoms with Gasteiger partial charge in [-0.25, -0.2) is 4.79 Å². The maximum absolute atomic E-state index is 12.4. The van der Waals surface area contributed by atoms with Gasteiger partial charge in [0.05, 0.1) is 17.9 Å². The average molecular weight is 327 g/mol. The minimum Gasteiger partial charge on any atom is -0.481 e. The van der Waals surface area contributed by atoms with Gasteiger partial charge in [0.25, 0.3) is 5.91 Å². The van der Waals surface area contributed by atoms with Crippen molar-refractivity contribution in [1.29, 1.82) is 0 Å². The molecule has 0 saturated heterocycles. The molecular weight excluding hydrogens is 306 g/mol. The first-order chi connectivity index (χ1) is 11.5. The van der Waals surface area contributed by atoms with Crippen molar-refractivity contribution in [2.75, 3.05) is 11.9 Å². The zero-order chi connectivity index (χ0) is 17.5. The van der Waals surface area contributed by atoms with Crippen LogP contribution in [0.1, 0.15) is 29.8 Å². The predicted octanol–water partition coefficient (Wildman–Crippen LogP) is 3.58. The largest absolute Gasteiger partial charge is 0.481 e. The summed E-state index contributed by atoms with van der Waals surface area (Å²) in [6.07, 6.45) is -0.707. The van der Waals surface area contributed by atoms with Crippen molar-refractivity contribution >= 4 is 17.6 Å². The third kappa shape index (κ3) is 4.35. The van der Waals surface area contributed by atoms with E-state index in [1.807, 2.05) is 31.2 Å². The molecule has 0 aromatic heterocycles. The normalized spacial score (nSPS) is 11.5. The smallest absolute Gasteiger partial charge is 0.340 e. The lowest BCUT2D eigenvalue weighted by Gasteiger charge is -2.17. The van der Waals surface area contributed by atoms with Crippen molar-refractivity contribution in [3.63, 3.8) is 0 Å². The quantitative estimate of drug-likeness (QED) is 0.824. The standard InChI is InChI=1S/C19H21NO4/c1-4-23-19(22)15-10-6-7-11-16(15)20-18(21)14(3)24-17-12-8-5-9-13(17)2/h5-12,14H,4H2,1-3H3,(H,20,21)/t14-/m1/s1. The van der Waals surface area contributed by atoms with Gasteiger partial charge >= 0.3 is 5.97 Å². The highest BCUT2D eigenvalue weighted by molar-refractivity contribution is 6.02. The van der Waals surface area contributed by atoms with Crippen LogP contribution in [0.15, 0.2) is 48.5 Å².